The van der Waals surface area contributed by atoms with Crippen molar-refractivity contribution in [1.82, 2.24) is 4.90 Å². The molecule has 0 spiro atoms. The molecule has 1 aromatic carbocycles. The van der Waals surface area contributed by atoms with Gasteiger partial charge in [-0.1, -0.05) is 36.8 Å². The third-order valence-corrected chi connectivity index (χ3v) is 3.25. The Balaban J connectivity index is 2.79. The second-order valence-electron chi connectivity index (χ2n) is 4.55. The van der Waals surface area contributed by atoms with Gasteiger partial charge in [-0.15, -0.1) is 0 Å². The van der Waals surface area contributed by atoms with Crippen molar-refractivity contribution in [1.29, 1.82) is 0 Å². The summed E-state index contributed by atoms with van der Waals surface area (Å²) in [6.07, 6.45) is 0.670. The van der Waals surface area contributed by atoms with E-state index in [9.17, 15) is 4.79 Å². The maximum absolute atomic E-state index is 12.0. The molecular formula is C14H22N2O. The predicted octanol–water partition coefficient (Wildman–Crippen LogP) is 2.25. The quantitative estimate of drug-likeness (QED) is 0.868. The van der Waals surface area contributed by atoms with E-state index in [0.29, 0.717) is 6.42 Å². The molecule has 0 aliphatic carbocycles. The van der Waals surface area contributed by atoms with Gasteiger partial charge in [0.05, 0.1) is 12.1 Å². The second kappa shape index (κ2) is 5.82. The first-order chi connectivity index (χ1) is 7.97. The van der Waals surface area contributed by atoms with Gasteiger partial charge in [0.1, 0.15) is 0 Å². The minimum Gasteiger partial charge on any atom is -0.338 e. The summed E-state index contributed by atoms with van der Waals surface area (Å²) in [6.45, 7) is 5.99. The molecule has 1 rings (SSSR count). The van der Waals surface area contributed by atoms with Gasteiger partial charge in [0.15, 0.2) is 0 Å². The van der Waals surface area contributed by atoms with Crippen LogP contribution in [0.2, 0.25) is 0 Å². The topological polar surface area (TPSA) is 46.3 Å². The van der Waals surface area contributed by atoms with Gasteiger partial charge < -0.3 is 10.6 Å². The fourth-order valence-electron chi connectivity index (χ4n) is 1.70. The van der Waals surface area contributed by atoms with E-state index in [1.54, 1.807) is 4.90 Å². The Morgan fingerprint density at radius 1 is 1.35 bits per heavy atom. The lowest BCUT2D eigenvalue weighted by atomic mass is 10.0. The van der Waals surface area contributed by atoms with Gasteiger partial charge in [-0.05, 0) is 25.8 Å². The Hall–Kier alpha value is -1.35. The number of amides is 1. The molecule has 0 aliphatic heterocycles. The Morgan fingerprint density at radius 2 is 1.88 bits per heavy atom. The number of nitrogens with zero attached hydrogens (tertiary/aromatic N) is 1. The summed E-state index contributed by atoms with van der Waals surface area (Å²) in [5, 5.41) is 0. The van der Waals surface area contributed by atoms with Crippen LogP contribution in [0.15, 0.2) is 24.3 Å². The van der Waals surface area contributed by atoms with Crippen LogP contribution in [0.3, 0.4) is 0 Å². The number of hydrogen-bond acceptors (Lipinski definition) is 2. The molecule has 2 atom stereocenters. The van der Waals surface area contributed by atoms with E-state index in [1.807, 2.05) is 20.9 Å². The molecule has 0 aliphatic rings. The van der Waals surface area contributed by atoms with Crippen molar-refractivity contribution in [3.8, 4) is 0 Å². The number of likely N-dealkylation sites (N-methyl/N-ethyl adjacent to an activating group) is 1. The van der Waals surface area contributed by atoms with Gasteiger partial charge in [-0.3, -0.25) is 4.79 Å². The largest absolute Gasteiger partial charge is 0.338 e. The lowest BCUT2D eigenvalue weighted by molar-refractivity contribution is -0.133. The van der Waals surface area contributed by atoms with Gasteiger partial charge in [0.25, 0.3) is 0 Å². The highest BCUT2D eigenvalue weighted by Gasteiger charge is 2.21. The maximum Gasteiger partial charge on any atom is 0.239 e. The summed E-state index contributed by atoms with van der Waals surface area (Å²) < 4.78 is 0. The Bertz CT molecular complexity index is 372. The van der Waals surface area contributed by atoms with Crippen molar-refractivity contribution in [2.24, 2.45) is 5.73 Å². The minimum absolute atomic E-state index is 0.000532. The fourth-order valence-corrected chi connectivity index (χ4v) is 1.70. The average Bonchev–Trinajstić information content (AvgIpc) is 2.36. The Labute approximate surface area is 104 Å². The van der Waals surface area contributed by atoms with Gasteiger partial charge in [-0.25, -0.2) is 0 Å². The molecule has 2 N–H and O–H groups in total. The Kier molecular flexibility index (Phi) is 4.70. The van der Waals surface area contributed by atoms with E-state index in [2.05, 4.69) is 31.2 Å². The van der Waals surface area contributed by atoms with Gasteiger partial charge in [0.2, 0.25) is 5.91 Å². The number of carbonyl (C=O) groups excluding carboxylic acids is 1. The zero-order valence-electron chi connectivity index (χ0n) is 11.1. The molecule has 0 radical (unpaired) electrons. The molecule has 0 heterocycles. The number of carbonyl (C=O) groups is 1. The fraction of sp³-hybridized carbons (Fsp3) is 0.500. The molecule has 0 fully saturated rings. The average molecular weight is 234 g/mol. The van der Waals surface area contributed by atoms with Crippen LogP contribution in [0.25, 0.3) is 0 Å². The molecule has 0 saturated carbocycles. The van der Waals surface area contributed by atoms with Crippen molar-refractivity contribution in [2.45, 2.75) is 39.3 Å². The highest BCUT2D eigenvalue weighted by Crippen LogP contribution is 2.19. The zero-order chi connectivity index (χ0) is 13.0. The number of hydrogen-bond donors (Lipinski definition) is 1. The van der Waals surface area contributed by atoms with Crippen molar-refractivity contribution in [3.63, 3.8) is 0 Å². The van der Waals surface area contributed by atoms with Crippen LogP contribution in [0, 0.1) is 6.92 Å². The van der Waals surface area contributed by atoms with Crippen LogP contribution in [0.5, 0.6) is 0 Å². The number of benzene rings is 1. The van der Waals surface area contributed by atoms with Crippen molar-refractivity contribution >= 4 is 5.91 Å². The van der Waals surface area contributed by atoms with Crippen LogP contribution >= 0.6 is 0 Å². The van der Waals surface area contributed by atoms with E-state index >= 15 is 0 Å². The highest BCUT2D eigenvalue weighted by atomic mass is 16.2. The molecule has 0 bridgehead atoms. The summed E-state index contributed by atoms with van der Waals surface area (Å²) in [5.41, 5.74) is 8.12. The number of aryl methyl sites for hydroxylation is 1. The first kappa shape index (κ1) is 13.7. The standard InChI is InChI=1S/C14H22N2O/c1-5-13(15)14(17)16(4)11(3)12-8-6-10(2)7-9-12/h6-9,11,13H,5,15H2,1-4H3. The summed E-state index contributed by atoms with van der Waals surface area (Å²) in [6, 6.07) is 7.89. The SMILES string of the molecule is CCC(N)C(=O)N(C)C(C)c1ccc(C)cc1. The normalized spacial score (nSPS) is 14.2. The van der Waals surface area contributed by atoms with E-state index in [4.69, 9.17) is 5.73 Å². The van der Waals surface area contributed by atoms with Crippen molar-refractivity contribution in [2.75, 3.05) is 7.05 Å². The lowest BCUT2D eigenvalue weighted by Gasteiger charge is -2.27. The monoisotopic (exact) mass is 234 g/mol. The molecule has 3 heteroatoms. The minimum atomic E-state index is -0.395. The lowest BCUT2D eigenvalue weighted by Crippen LogP contribution is -2.42. The van der Waals surface area contributed by atoms with Crippen LogP contribution in [0.1, 0.15) is 37.4 Å². The molecule has 2 unspecified atom stereocenters. The molecule has 94 valence electrons. The molecule has 0 aromatic heterocycles. The van der Waals surface area contributed by atoms with Crippen LogP contribution in [-0.4, -0.2) is 23.9 Å². The van der Waals surface area contributed by atoms with Crippen LogP contribution in [0.4, 0.5) is 0 Å². The zero-order valence-corrected chi connectivity index (χ0v) is 11.1. The third-order valence-electron chi connectivity index (χ3n) is 3.25. The molecule has 3 nitrogen and oxygen atoms in total. The van der Waals surface area contributed by atoms with Crippen LogP contribution in [-0.2, 0) is 4.79 Å². The van der Waals surface area contributed by atoms with E-state index in [1.165, 1.54) is 5.56 Å². The van der Waals surface area contributed by atoms with Gasteiger partial charge >= 0.3 is 0 Å². The van der Waals surface area contributed by atoms with E-state index in [0.717, 1.165) is 5.56 Å². The highest BCUT2D eigenvalue weighted by molar-refractivity contribution is 5.81. The molecule has 17 heavy (non-hydrogen) atoms. The summed E-state index contributed by atoms with van der Waals surface area (Å²) >= 11 is 0. The molecule has 1 aromatic rings. The molecular weight excluding hydrogens is 212 g/mol. The van der Waals surface area contributed by atoms with Crippen LogP contribution < -0.4 is 5.73 Å². The summed E-state index contributed by atoms with van der Waals surface area (Å²) in [5.74, 6) is 0.000532. The van der Waals surface area contributed by atoms with Crippen molar-refractivity contribution < 1.29 is 4.79 Å². The predicted molar refractivity (Wildman–Crippen MR) is 70.6 cm³/mol. The first-order valence-electron chi connectivity index (χ1n) is 6.06. The molecule has 1 amide bonds. The number of nitrogens with two attached hydrogens (primary N) is 1. The van der Waals surface area contributed by atoms with Gasteiger partial charge in [-0.2, -0.15) is 0 Å². The summed E-state index contributed by atoms with van der Waals surface area (Å²) in [4.78, 5) is 13.7. The van der Waals surface area contributed by atoms with E-state index < -0.39 is 6.04 Å². The maximum atomic E-state index is 12.0. The Morgan fingerprint density at radius 3 is 2.35 bits per heavy atom. The van der Waals surface area contributed by atoms with E-state index in [-0.39, 0.29) is 11.9 Å². The summed E-state index contributed by atoms with van der Waals surface area (Å²) in [7, 11) is 1.81. The van der Waals surface area contributed by atoms with Gasteiger partial charge in [0, 0.05) is 7.05 Å². The smallest absolute Gasteiger partial charge is 0.239 e. The second-order valence-corrected chi connectivity index (χ2v) is 4.55. The first-order valence-corrected chi connectivity index (χ1v) is 6.06. The third kappa shape index (κ3) is 3.30. The van der Waals surface area contributed by atoms with Crippen molar-refractivity contribution in [3.05, 3.63) is 35.4 Å². The number of rotatable bonds is 4. The molecule has 0 saturated heterocycles.